The Morgan fingerprint density at radius 3 is 3.00 bits per heavy atom. The van der Waals surface area contributed by atoms with E-state index < -0.39 is 5.97 Å². The zero-order valence-electron chi connectivity index (χ0n) is 10.5. The Morgan fingerprint density at radius 2 is 2.26 bits per heavy atom. The first-order valence-corrected chi connectivity index (χ1v) is 6.80. The molecule has 6 heteroatoms. The maximum atomic E-state index is 10.5. The molecule has 1 aliphatic rings. The summed E-state index contributed by atoms with van der Waals surface area (Å²) in [5.74, 6) is -0.928. The van der Waals surface area contributed by atoms with Crippen molar-refractivity contribution in [3.05, 3.63) is 24.3 Å². The van der Waals surface area contributed by atoms with Gasteiger partial charge in [-0.3, -0.25) is 0 Å². The Labute approximate surface area is 114 Å². The summed E-state index contributed by atoms with van der Waals surface area (Å²) in [6.45, 7) is 3.10. The first-order valence-electron chi connectivity index (χ1n) is 6.02. The van der Waals surface area contributed by atoms with E-state index in [9.17, 15) is 4.79 Å². The van der Waals surface area contributed by atoms with Crippen LogP contribution in [0.2, 0.25) is 0 Å². The zero-order chi connectivity index (χ0) is 13.5. The molecule has 0 bridgehead atoms. The maximum Gasteiger partial charge on any atom is 0.329 e. The second-order valence-corrected chi connectivity index (χ2v) is 5.75. The van der Waals surface area contributed by atoms with Gasteiger partial charge in [0, 0.05) is 18.5 Å². The van der Waals surface area contributed by atoms with Gasteiger partial charge in [-0.15, -0.1) is 0 Å². The van der Waals surface area contributed by atoms with E-state index in [0.29, 0.717) is 13.1 Å². The van der Waals surface area contributed by atoms with Crippen LogP contribution in [0.25, 0.3) is 10.9 Å². The second-order valence-electron chi connectivity index (χ2n) is 4.99. The topological polar surface area (TPSA) is 62.7 Å². The van der Waals surface area contributed by atoms with Crippen molar-refractivity contribution < 1.29 is 14.6 Å². The number of anilines is 1. The Hall–Kier alpha value is -1.66. The molecule has 1 saturated heterocycles. The van der Waals surface area contributed by atoms with Gasteiger partial charge in [-0.1, -0.05) is 12.1 Å². The monoisotopic (exact) mass is 278 g/mol. The predicted molar refractivity (Wildman–Crippen MR) is 73.8 cm³/mol. The van der Waals surface area contributed by atoms with E-state index in [0.717, 1.165) is 15.9 Å². The Morgan fingerprint density at radius 1 is 1.53 bits per heavy atom. The van der Waals surface area contributed by atoms with Crippen molar-refractivity contribution in [1.29, 1.82) is 0 Å². The predicted octanol–water partition coefficient (Wildman–Crippen LogP) is 1.98. The Kier molecular flexibility index (Phi) is 2.91. The molecule has 3 rings (SSSR count). The average Bonchev–Trinajstić information content (AvgIpc) is 2.76. The first-order chi connectivity index (χ1) is 9.07. The van der Waals surface area contributed by atoms with Crippen LogP contribution in [0.3, 0.4) is 0 Å². The van der Waals surface area contributed by atoms with Crippen molar-refractivity contribution in [2.75, 3.05) is 24.6 Å². The number of nitrogens with zero attached hydrogens (tertiary/aromatic N) is 2. The number of ether oxygens (including phenoxy) is 1. The molecular weight excluding hydrogens is 264 g/mol. The average molecular weight is 278 g/mol. The normalized spacial score (nSPS) is 17.4. The van der Waals surface area contributed by atoms with Gasteiger partial charge >= 0.3 is 5.97 Å². The highest BCUT2D eigenvalue weighted by atomic mass is 32.1. The number of carboxylic acid groups (broad SMARTS) is 1. The molecule has 2 heterocycles. The van der Waals surface area contributed by atoms with Crippen LogP contribution in [0.15, 0.2) is 24.3 Å². The van der Waals surface area contributed by atoms with Crippen LogP contribution < -0.4 is 4.90 Å². The third-order valence-electron chi connectivity index (χ3n) is 3.25. The summed E-state index contributed by atoms with van der Waals surface area (Å²) in [6.07, 6.45) is 0. The van der Waals surface area contributed by atoms with Gasteiger partial charge in [0.05, 0.1) is 5.52 Å². The highest BCUT2D eigenvalue weighted by molar-refractivity contribution is 7.11. The smallest absolute Gasteiger partial charge is 0.329 e. The minimum atomic E-state index is -0.928. The highest BCUT2D eigenvalue weighted by Gasteiger charge is 2.41. The molecule has 1 aromatic carbocycles. The number of benzene rings is 1. The van der Waals surface area contributed by atoms with E-state index in [4.69, 9.17) is 9.84 Å². The summed E-state index contributed by atoms with van der Waals surface area (Å²) in [7, 11) is 0. The molecule has 0 saturated carbocycles. The van der Waals surface area contributed by atoms with Crippen molar-refractivity contribution in [1.82, 2.24) is 4.37 Å². The molecule has 100 valence electrons. The number of fused-ring (bicyclic) bond motifs is 1. The van der Waals surface area contributed by atoms with E-state index >= 15 is 0 Å². The number of carboxylic acids is 1. The van der Waals surface area contributed by atoms with Crippen LogP contribution in [-0.2, 0) is 9.53 Å². The fourth-order valence-electron chi connectivity index (χ4n) is 2.34. The van der Waals surface area contributed by atoms with Gasteiger partial charge in [-0.2, -0.15) is 4.37 Å². The van der Waals surface area contributed by atoms with Crippen LogP contribution in [0.5, 0.6) is 0 Å². The minimum absolute atomic E-state index is 0.242. The fraction of sp³-hybridized carbons (Fsp3) is 0.385. The molecule has 0 atom stereocenters. The van der Waals surface area contributed by atoms with E-state index in [-0.39, 0.29) is 12.2 Å². The Balaban J connectivity index is 1.72. The highest BCUT2D eigenvalue weighted by Crippen LogP contribution is 2.37. The lowest BCUT2D eigenvalue weighted by molar-refractivity contribution is -0.150. The molecule has 1 aliphatic heterocycles. The summed E-state index contributed by atoms with van der Waals surface area (Å²) in [5.41, 5.74) is 0.631. The molecule has 0 radical (unpaired) electrons. The summed E-state index contributed by atoms with van der Waals surface area (Å²) in [5, 5.41) is 10.9. The summed E-state index contributed by atoms with van der Waals surface area (Å²) < 4.78 is 9.82. The Bertz CT molecular complexity index is 619. The molecule has 0 aliphatic carbocycles. The van der Waals surface area contributed by atoms with Gasteiger partial charge in [-0.05, 0) is 30.6 Å². The third kappa shape index (κ3) is 2.29. The SMILES string of the molecule is CC1(OCC(=O)O)CN(c2snc3ccccc23)C1. The molecule has 1 N–H and O–H groups in total. The fourth-order valence-corrected chi connectivity index (χ4v) is 3.20. The summed E-state index contributed by atoms with van der Waals surface area (Å²) in [4.78, 5) is 12.7. The van der Waals surface area contributed by atoms with Gasteiger partial charge in [0.25, 0.3) is 0 Å². The standard InChI is InChI=1S/C13H14N2O3S/c1-13(18-6-11(16)17)7-15(8-13)12-9-4-2-3-5-10(9)14-19-12/h2-5H,6-8H2,1H3,(H,16,17). The molecule has 1 aromatic heterocycles. The third-order valence-corrected chi connectivity index (χ3v) is 4.19. The van der Waals surface area contributed by atoms with Crippen molar-refractivity contribution >= 4 is 33.4 Å². The van der Waals surface area contributed by atoms with Crippen LogP contribution in [0, 0.1) is 0 Å². The van der Waals surface area contributed by atoms with Gasteiger partial charge < -0.3 is 14.7 Å². The van der Waals surface area contributed by atoms with Crippen LogP contribution in [0.4, 0.5) is 5.00 Å². The number of aromatic nitrogens is 1. The number of carbonyl (C=O) groups is 1. The van der Waals surface area contributed by atoms with Crippen molar-refractivity contribution in [2.45, 2.75) is 12.5 Å². The van der Waals surface area contributed by atoms with E-state index in [1.807, 2.05) is 25.1 Å². The molecule has 0 amide bonds. The largest absolute Gasteiger partial charge is 0.480 e. The number of hydrogen-bond donors (Lipinski definition) is 1. The lowest BCUT2D eigenvalue weighted by Crippen LogP contribution is -2.61. The number of rotatable bonds is 4. The van der Waals surface area contributed by atoms with Gasteiger partial charge in [0.2, 0.25) is 0 Å². The van der Waals surface area contributed by atoms with E-state index in [2.05, 4.69) is 15.3 Å². The van der Waals surface area contributed by atoms with Gasteiger partial charge in [-0.25, -0.2) is 4.79 Å². The molecule has 1 fully saturated rings. The maximum absolute atomic E-state index is 10.5. The second kappa shape index (κ2) is 4.47. The molecule has 0 spiro atoms. The molecular formula is C13H14N2O3S. The number of aliphatic carboxylic acids is 1. The van der Waals surface area contributed by atoms with Gasteiger partial charge in [0.15, 0.2) is 0 Å². The van der Waals surface area contributed by atoms with Crippen LogP contribution >= 0.6 is 11.5 Å². The van der Waals surface area contributed by atoms with Crippen molar-refractivity contribution in [2.24, 2.45) is 0 Å². The first kappa shape index (κ1) is 12.4. The molecule has 0 unspecified atom stereocenters. The molecule has 19 heavy (non-hydrogen) atoms. The summed E-state index contributed by atoms with van der Waals surface area (Å²) >= 11 is 1.48. The van der Waals surface area contributed by atoms with Crippen LogP contribution in [-0.4, -0.2) is 40.7 Å². The molecule has 5 nitrogen and oxygen atoms in total. The van der Waals surface area contributed by atoms with E-state index in [1.54, 1.807) is 0 Å². The lowest BCUT2D eigenvalue weighted by atomic mass is 9.96. The van der Waals surface area contributed by atoms with E-state index in [1.165, 1.54) is 11.5 Å². The zero-order valence-corrected chi connectivity index (χ0v) is 11.3. The quantitative estimate of drug-likeness (QED) is 0.926. The van der Waals surface area contributed by atoms with Crippen molar-refractivity contribution in [3.8, 4) is 0 Å². The minimum Gasteiger partial charge on any atom is -0.480 e. The van der Waals surface area contributed by atoms with Crippen molar-refractivity contribution in [3.63, 3.8) is 0 Å². The lowest BCUT2D eigenvalue weighted by Gasteiger charge is -2.47. The molecule has 2 aromatic rings. The number of hydrogen-bond acceptors (Lipinski definition) is 5. The summed E-state index contributed by atoms with van der Waals surface area (Å²) in [6, 6.07) is 8.03. The van der Waals surface area contributed by atoms with Crippen LogP contribution in [0.1, 0.15) is 6.92 Å². The van der Waals surface area contributed by atoms with Gasteiger partial charge in [0.1, 0.15) is 17.2 Å².